The van der Waals surface area contributed by atoms with Gasteiger partial charge in [-0.3, -0.25) is 9.00 Å². The lowest BCUT2D eigenvalue weighted by molar-refractivity contribution is 0.0924. The Morgan fingerprint density at radius 3 is 2.24 bits per heavy atom. The maximum atomic E-state index is 12.3. The molecule has 0 aliphatic rings. The summed E-state index contributed by atoms with van der Waals surface area (Å²) in [5.41, 5.74) is 0.608. The van der Waals surface area contributed by atoms with Gasteiger partial charge in [-0.05, 0) is 50.7 Å². The first-order chi connectivity index (χ1) is 9.79. The van der Waals surface area contributed by atoms with Crippen LogP contribution in [0.3, 0.4) is 0 Å². The molecule has 5 heteroatoms. The van der Waals surface area contributed by atoms with Crippen molar-refractivity contribution >= 4 is 16.7 Å². The van der Waals surface area contributed by atoms with Crippen LogP contribution in [0.15, 0.2) is 29.2 Å². The molecule has 118 valence electrons. The van der Waals surface area contributed by atoms with Crippen molar-refractivity contribution in [2.24, 2.45) is 5.92 Å². The molecule has 1 rings (SSSR count). The molecular formula is C16H26N2O2S. The molecule has 21 heavy (non-hydrogen) atoms. The number of nitrogens with zero attached hydrogens (tertiary/aromatic N) is 1. The number of likely N-dealkylation sites (N-methyl/N-ethyl adjacent to an activating group) is 1. The Kier molecular flexibility index (Phi) is 7.05. The van der Waals surface area contributed by atoms with Crippen LogP contribution in [0.4, 0.5) is 0 Å². The van der Waals surface area contributed by atoms with Crippen LogP contribution in [0.25, 0.3) is 0 Å². The van der Waals surface area contributed by atoms with Crippen molar-refractivity contribution in [3.63, 3.8) is 0 Å². The predicted octanol–water partition coefficient (Wildman–Crippen LogP) is 2.13. The number of hydrogen-bond acceptors (Lipinski definition) is 3. The Hall–Kier alpha value is -1.20. The number of benzene rings is 1. The second-order valence-corrected chi connectivity index (χ2v) is 7.42. The minimum Gasteiger partial charge on any atom is -0.348 e. The van der Waals surface area contributed by atoms with Crippen LogP contribution in [-0.2, 0) is 10.8 Å². The van der Waals surface area contributed by atoms with Gasteiger partial charge in [0.15, 0.2) is 0 Å². The summed E-state index contributed by atoms with van der Waals surface area (Å²) in [6.07, 6.45) is 2.58. The number of carbonyl (C=O) groups excluding carboxylic acids is 1. The summed E-state index contributed by atoms with van der Waals surface area (Å²) >= 11 is 0. The molecule has 1 N–H and O–H groups in total. The van der Waals surface area contributed by atoms with Crippen molar-refractivity contribution in [1.82, 2.24) is 10.2 Å². The van der Waals surface area contributed by atoms with Gasteiger partial charge < -0.3 is 10.2 Å². The fraction of sp³-hybridized carbons (Fsp3) is 0.562. The van der Waals surface area contributed by atoms with E-state index in [0.29, 0.717) is 11.5 Å². The summed E-state index contributed by atoms with van der Waals surface area (Å²) in [6, 6.07) is 7.08. The first kappa shape index (κ1) is 17.9. The average molecular weight is 310 g/mol. The molecule has 1 amide bonds. The van der Waals surface area contributed by atoms with E-state index in [9.17, 15) is 9.00 Å². The van der Waals surface area contributed by atoms with Crippen molar-refractivity contribution in [3.8, 4) is 0 Å². The van der Waals surface area contributed by atoms with Gasteiger partial charge in [0.25, 0.3) is 5.91 Å². The fourth-order valence-electron chi connectivity index (χ4n) is 2.26. The van der Waals surface area contributed by atoms with Gasteiger partial charge in [0, 0.05) is 40.1 Å². The lowest BCUT2D eigenvalue weighted by Gasteiger charge is -2.24. The molecule has 1 aromatic carbocycles. The third kappa shape index (κ3) is 6.40. The largest absolute Gasteiger partial charge is 0.348 e. The Morgan fingerprint density at radius 1 is 1.24 bits per heavy atom. The lowest BCUT2D eigenvalue weighted by Crippen LogP contribution is -2.42. The van der Waals surface area contributed by atoms with Crippen molar-refractivity contribution < 1.29 is 9.00 Å². The second-order valence-electron chi connectivity index (χ2n) is 6.04. The topological polar surface area (TPSA) is 49.4 Å². The van der Waals surface area contributed by atoms with Gasteiger partial charge in [-0.15, -0.1) is 0 Å². The molecule has 4 nitrogen and oxygen atoms in total. The zero-order chi connectivity index (χ0) is 16.0. The smallest absolute Gasteiger partial charge is 0.251 e. The Morgan fingerprint density at radius 2 is 1.81 bits per heavy atom. The quantitative estimate of drug-likeness (QED) is 0.839. The SMILES string of the molecule is CC(C)CC(CN(C)C)NC(=O)c1ccc(S(C)=O)cc1. The number of nitrogens with one attached hydrogen (secondary N) is 1. The molecule has 0 radical (unpaired) electrons. The van der Waals surface area contributed by atoms with Crippen LogP contribution in [-0.4, -0.2) is 48.0 Å². The maximum absolute atomic E-state index is 12.3. The molecule has 0 aliphatic heterocycles. The first-order valence-electron chi connectivity index (χ1n) is 7.18. The van der Waals surface area contributed by atoms with Gasteiger partial charge in [0.05, 0.1) is 0 Å². The molecule has 0 fully saturated rings. The van der Waals surface area contributed by atoms with Crippen LogP contribution < -0.4 is 5.32 Å². The van der Waals surface area contributed by atoms with Gasteiger partial charge in [-0.2, -0.15) is 0 Å². The van der Waals surface area contributed by atoms with E-state index in [1.54, 1.807) is 30.5 Å². The zero-order valence-electron chi connectivity index (χ0n) is 13.6. The summed E-state index contributed by atoms with van der Waals surface area (Å²) in [5.74, 6) is 0.455. The number of carbonyl (C=O) groups is 1. The van der Waals surface area contributed by atoms with Gasteiger partial charge >= 0.3 is 0 Å². The molecular weight excluding hydrogens is 284 g/mol. The molecule has 0 saturated carbocycles. The second kappa shape index (κ2) is 8.29. The summed E-state index contributed by atoms with van der Waals surface area (Å²) < 4.78 is 11.4. The highest BCUT2D eigenvalue weighted by molar-refractivity contribution is 7.84. The average Bonchev–Trinajstić information content (AvgIpc) is 2.37. The molecule has 0 heterocycles. The third-order valence-corrected chi connectivity index (χ3v) is 4.06. The van der Waals surface area contributed by atoms with Crippen LogP contribution in [0, 0.1) is 5.92 Å². The molecule has 0 aliphatic carbocycles. The van der Waals surface area contributed by atoms with Gasteiger partial charge in [0.1, 0.15) is 0 Å². The van der Waals surface area contributed by atoms with E-state index in [4.69, 9.17) is 0 Å². The van der Waals surface area contributed by atoms with Gasteiger partial charge in [0.2, 0.25) is 0 Å². The van der Waals surface area contributed by atoms with Crippen molar-refractivity contribution in [1.29, 1.82) is 0 Å². The predicted molar refractivity (Wildman–Crippen MR) is 88.0 cm³/mol. The Balaban J connectivity index is 2.73. The van der Waals surface area contributed by atoms with E-state index in [-0.39, 0.29) is 11.9 Å². The summed E-state index contributed by atoms with van der Waals surface area (Å²) in [6.45, 7) is 5.13. The highest BCUT2D eigenvalue weighted by Crippen LogP contribution is 2.10. The summed E-state index contributed by atoms with van der Waals surface area (Å²) in [7, 11) is 2.99. The molecule has 1 aromatic rings. The van der Waals surface area contributed by atoms with Crippen LogP contribution in [0.2, 0.25) is 0 Å². The van der Waals surface area contributed by atoms with E-state index in [2.05, 4.69) is 24.1 Å². The van der Waals surface area contributed by atoms with E-state index < -0.39 is 10.8 Å². The lowest BCUT2D eigenvalue weighted by atomic mass is 10.0. The summed E-state index contributed by atoms with van der Waals surface area (Å²) in [5, 5.41) is 3.09. The number of rotatable bonds is 7. The van der Waals surface area contributed by atoms with Gasteiger partial charge in [-0.1, -0.05) is 13.8 Å². The first-order valence-corrected chi connectivity index (χ1v) is 8.74. The fourth-order valence-corrected chi connectivity index (χ4v) is 2.77. The van der Waals surface area contributed by atoms with Crippen LogP contribution in [0.1, 0.15) is 30.6 Å². The highest BCUT2D eigenvalue weighted by Gasteiger charge is 2.16. The minimum atomic E-state index is -1.02. The molecule has 2 atom stereocenters. The zero-order valence-corrected chi connectivity index (χ0v) is 14.4. The molecule has 0 aromatic heterocycles. The molecule has 2 unspecified atom stereocenters. The maximum Gasteiger partial charge on any atom is 0.251 e. The van der Waals surface area contributed by atoms with E-state index in [1.165, 1.54) is 0 Å². The van der Waals surface area contributed by atoms with Crippen molar-refractivity contribution in [2.45, 2.75) is 31.2 Å². The van der Waals surface area contributed by atoms with Crippen molar-refractivity contribution in [2.75, 3.05) is 26.9 Å². The Labute approximate surface area is 130 Å². The Bertz CT molecular complexity index is 474. The normalized spacial score (nSPS) is 14.2. The molecule has 0 bridgehead atoms. The van der Waals surface area contributed by atoms with Crippen molar-refractivity contribution in [3.05, 3.63) is 29.8 Å². The van der Waals surface area contributed by atoms with E-state index in [0.717, 1.165) is 17.9 Å². The van der Waals surface area contributed by atoms with E-state index >= 15 is 0 Å². The van der Waals surface area contributed by atoms with Crippen LogP contribution >= 0.6 is 0 Å². The van der Waals surface area contributed by atoms with Crippen LogP contribution in [0.5, 0.6) is 0 Å². The third-order valence-electron chi connectivity index (χ3n) is 3.13. The summed E-state index contributed by atoms with van der Waals surface area (Å²) in [4.78, 5) is 15.1. The highest BCUT2D eigenvalue weighted by atomic mass is 32.2. The molecule has 0 spiro atoms. The molecule has 0 saturated heterocycles. The number of hydrogen-bond donors (Lipinski definition) is 1. The standard InChI is InChI=1S/C16H26N2O2S/c1-12(2)10-14(11-18(3)4)17-16(19)13-6-8-15(9-7-13)21(5)20/h6-9,12,14H,10-11H2,1-5H3,(H,17,19). The van der Waals surface area contributed by atoms with E-state index in [1.807, 2.05) is 14.1 Å². The number of amides is 1. The van der Waals surface area contributed by atoms with Gasteiger partial charge in [-0.25, -0.2) is 0 Å². The monoisotopic (exact) mass is 310 g/mol. The minimum absolute atomic E-state index is 0.0732.